The minimum absolute atomic E-state index is 0.729. The van der Waals surface area contributed by atoms with Crippen LogP contribution in [0.15, 0.2) is 0 Å². The van der Waals surface area contributed by atoms with Gasteiger partial charge in [-0.2, -0.15) is 0 Å². The van der Waals surface area contributed by atoms with E-state index in [0.717, 1.165) is 13.8 Å². The van der Waals surface area contributed by atoms with Gasteiger partial charge in [-0.3, -0.25) is 4.79 Å². The molecule has 0 saturated carbocycles. The third-order valence-electron chi connectivity index (χ3n) is 1.73. The highest BCUT2D eigenvalue weighted by atomic mass is 19.2. The SMILES string of the molecule is CC(=O)O.Cc1c(F)c(F)c(CO)c(F)c1F. The van der Waals surface area contributed by atoms with Crippen LogP contribution in [-0.4, -0.2) is 16.2 Å². The van der Waals surface area contributed by atoms with Crippen molar-refractivity contribution in [1.29, 1.82) is 0 Å². The first-order chi connectivity index (χ1) is 7.73. The molecule has 17 heavy (non-hydrogen) atoms. The standard InChI is InChI=1S/C8H6F4O.C2H4O2/c1-3-5(9)7(11)4(2-13)8(12)6(3)10;1-2(3)4/h13H,2H2,1H3;1H3,(H,3,4). The molecular formula is C10H10F4O3. The average Bonchev–Trinajstić information content (AvgIpc) is 2.24. The van der Waals surface area contributed by atoms with Crippen molar-refractivity contribution < 1.29 is 32.6 Å². The summed E-state index contributed by atoms with van der Waals surface area (Å²) in [5.74, 6) is -6.86. The minimum atomic E-state index is -1.54. The van der Waals surface area contributed by atoms with Gasteiger partial charge in [0.25, 0.3) is 5.97 Å². The van der Waals surface area contributed by atoms with E-state index in [1.807, 2.05) is 0 Å². The molecule has 0 heterocycles. The maximum Gasteiger partial charge on any atom is 0.300 e. The molecule has 0 saturated heterocycles. The Morgan fingerprint density at radius 1 is 1.06 bits per heavy atom. The molecule has 1 aromatic rings. The molecule has 2 N–H and O–H groups in total. The molecule has 0 aromatic heterocycles. The fourth-order valence-corrected chi connectivity index (χ4v) is 0.926. The van der Waals surface area contributed by atoms with Crippen LogP contribution in [-0.2, 0) is 11.4 Å². The lowest BCUT2D eigenvalue weighted by atomic mass is 10.1. The molecule has 0 unspecified atom stereocenters. The zero-order valence-electron chi connectivity index (χ0n) is 9.02. The fraction of sp³-hybridized carbons (Fsp3) is 0.300. The van der Waals surface area contributed by atoms with Gasteiger partial charge in [0.05, 0.1) is 12.2 Å². The monoisotopic (exact) mass is 254 g/mol. The maximum absolute atomic E-state index is 12.8. The lowest BCUT2D eigenvalue weighted by Gasteiger charge is -2.06. The molecule has 0 aliphatic carbocycles. The Morgan fingerprint density at radius 2 is 1.35 bits per heavy atom. The molecule has 0 aliphatic rings. The topological polar surface area (TPSA) is 57.5 Å². The molecule has 1 aromatic carbocycles. The molecular weight excluding hydrogens is 244 g/mol. The van der Waals surface area contributed by atoms with Crippen molar-refractivity contribution in [2.75, 3.05) is 0 Å². The molecule has 0 fully saturated rings. The molecule has 1 rings (SSSR count). The lowest BCUT2D eigenvalue weighted by molar-refractivity contribution is -0.134. The first-order valence-electron chi connectivity index (χ1n) is 4.35. The third-order valence-corrected chi connectivity index (χ3v) is 1.73. The van der Waals surface area contributed by atoms with Gasteiger partial charge in [0, 0.05) is 12.5 Å². The molecule has 96 valence electrons. The van der Waals surface area contributed by atoms with Crippen molar-refractivity contribution in [3.63, 3.8) is 0 Å². The molecule has 0 amide bonds. The van der Waals surface area contributed by atoms with E-state index in [4.69, 9.17) is 15.0 Å². The number of aliphatic carboxylic acids is 1. The van der Waals surface area contributed by atoms with Gasteiger partial charge < -0.3 is 10.2 Å². The summed E-state index contributed by atoms with van der Waals surface area (Å²) < 4.78 is 51.0. The molecule has 3 nitrogen and oxygen atoms in total. The summed E-state index contributed by atoms with van der Waals surface area (Å²) >= 11 is 0. The molecule has 0 bridgehead atoms. The molecule has 0 aliphatic heterocycles. The summed E-state index contributed by atoms with van der Waals surface area (Å²) in [5, 5.41) is 15.8. The average molecular weight is 254 g/mol. The van der Waals surface area contributed by atoms with Crippen molar-refractivity contribution in [3.05, 3.63) is 34.4 Å². The number of benzene rings is 1. The van der Waals surface area contributed by atoms with Crippen molar-refractivity contribution in [2.45, 2.75) is 20.5 Å². The van der Waals surface area contributed by atoms with Crippen LogP contribution in [0.2, 0.25) is 0 Å². The van der Waals surface area contributed by atoms with Gasteiger partial charge >= 0.3 is 0 Å². The van der Waals surface area contributed by atoms with Gasteiger partial charge in [0.15, 0.2) is 23.3 Å². The summed E-state index contributed by atoms with van der Waals surface area (Å²) in [6.45, 7) is 0.920. The maximum atomic E-state index is 12.8. The fourth-order valence-electron chi connectivity index (χ4n) is 0.926. The highest BCUT2D eigenvalue weighted by Crippen LogP contribution is 2.23. The predicted molar refractivity (Wildman–Crippen MR) is 50.2 cm³/mol. The second-order valence-corrected chi connectivity index (χ2v) is 3.04. The number of hydrogen-bond acceptors (Lipinski definition) is 2. The Bertz CT molecular complexity index is 399. The number of rotatable bonds is 1. The number of carbonyl (C=O) groups is 1. The van der Waals surface area contributed by atoms with E-state index in [-0.39, 0.29) is 0 Å². The van der Waals surface area contributed by atoms with Crippen LogP contribution < -0.4 is 0 Å². The summed E-state index contributed by atoms with van der Waals surface area (Å²) in [6.07, 6.45) is 0. The number of hydrogen-bond donors (Lipinski definition) is 2. The van der Waals surface area contributed by atoms with Crippen LogP contribution in [0.5, 0.6) is 0 Å². The quantitative estimate of drug-likeness (QED) is 0.596. The van der Waals surface area contributed by atoms with E-state index in [1.165, 1.54) is 0 Å². The van der Waals surface area contributed by atoms with Gasteiger partial charge in [0.2, 0.25) is 0 Å². The third kappa shape index (κ3) is 3.70. The van der Waals surface area contributed by atoms with Crippen molar-refractivity contribution in [2.24, 2.45) is 0 Å². The van der Waals surface area contributed by atoms with Crippen LogP contribution in [0.25, 0.3) is 0 Å². The first kappa shape index (κ1) is 15.4. The zero-order chi connectivity index (χ0) is 13.7. The van der Waals surface area contributed by atoms with Crippen molar-refractivity contribution >= 4 is 5.97 Å². The summed E-state index contributed by atoms with van der Waals surface area (Å²) in [7, 11) is 0. The number of carboxylic acids is 1. The van der Waals surface area contributed by atoms with Gasteiger partial charge in [0.1, 0.15) is 0 Å². The minimum Gasteiger partial charge on any atom is -0.481 e. The van der Waals surface area contributed by atoms with E-state index < -0.39 is 47.0 Å². The molecule has 7 heteroatoms. The van der Waals surface area contributed by atoms with Crippen molar-refractivity contribution in [1.82, 2.24) is 0 Å². The number of aliphatic hydroxyl groups excluding tert-OH is 1. The highest BCUT2D eigenvalue weighted by molar-refractivity contribution is 5.62. The van der Waals surface area contributed by atoms with E-state index in [2.05, 4.69) is 0 Å². The summed E-state index contributed by atoms with van der Waals surface area (Å²) in [5.41, 5.74) is -1.72. The zero-order valence-corrected chi connectivity index (χ0v) is 9.02. The number of carboxylic acid groups (broad SMARTS) is 1. The molecule has 0 spiro atoms. The Morgan fingerprint density at radius 3 is 1.59 bits per heavy atom. The van der Waals surface area contributed by atoms with Crippen LogP contribution >= 0.6 is 0 Å². The number of halogens is 4. The Labute approximate surface area is 94.3 Å². The second-order valence-electron chi connectivity index (χ2n) is 3.04. The van der Waals surface area contributed by atoms with Crippen LogP contribution in [0.3, 0.4) is 0 Å². The van der Waals surface area contributed by atoms with Crippen molar-refractivity contribution in [3.8, 4) is 0 Å². The summed E-state index contributed by atoms with van der Waals surface area (Å²) in [4.78, 5) is 9.00. The normalized spacial score (nSPS) is 9.59. The van der Waals surface area contributed by atoms with E-state index in [9.17, 15) is 17.6 Å². The summed E-state index contributed by atoms with van der Waals surface area (Å²) in [6, 6.07) is 0. The Kier molecular flexibility index (Phi) is 5.60. The lowest BCUT2D eigenvalue weighted by Crippen LogP contribution is -2.05. The van der Waals surface area contributed by atoms with Gasteiger partial charge in [-0.05, 0) is 6.92 Å². The van der Waals surface area contributed by atoms with E-state index >= 15 is 0 Å². The smallest absolute Gasteiger partial charge is 0.300 e. The second kappa shape index (κ2) is 6.19. The van der Waals surface area contributed by atoms with Crippen LogP contribution in [0, 0.1) is 30.2 Å². The first-order valence-corrected chi connectivity index (χ1v) is 4.35. The molecule has 0 atom stereocenters. The highest BCUT2D eigenvalue weighted by Gasteiger charge is 2.21. The van der Waals surface area contributed by atoms with Crippen LogP contribution in [0.4, 0.5) is 17.6 Å². The van der Waals surface area contributed by atoms with E-state index in [1.54, 1.807) is 0 Å². The number of aliphatic hydroxyl groups is 1. The predicted octanol–water partition coefficient (Wildman–Crippen LogP) is 2.13. The van der Waals surface area contributed by atoms with Gasteiger partial charge in [-0.25, -0.2) is 17.6 Å². The Hall–Kier alpha value is -1.63. The van der Waals surface area contributed by atoms with Gasteiger partial charge in [-0.1, -0.05) is 0 Å². The van der Waals surface area contributed by atoms with E-state index in [0.29, 0.717) is 0 Å². The Balaban J connectivity index is 0.000000557. The largest absolute Gasteiger partial charge is 0.481 e. The van der Waals surface area contributed by atoms with Gasteiger partial charge in [-0.15, -0.1) is 0 Å². The molecule has 0 radical (unpaired) electrons. The van der Waals surface area contributed by atoms with Crippen LogP contribution in [0.1, 0.15) is 18.1 Å².